The number of nitrogens with zero attached hydrogens (tertiary/aromatic N) is 1. The molecule has 1 aromatic rings. The van der Waals surface area contributed by atoms with Crippen LogP contribution in [0.1, 0.15) is 51.0 Å². The molecule has 7 heteroatoms. The third-order valence-electron chi connectivity index (χ3n) is 4.69. The minimum absolute atomic E-state index is 0.139. The molecule has 0 bridgehead atoms. The monoisotopic (exact) mass is 403 g/mol. The first kappa shape index (κ1) is 26.0. The van der Waals surface area contributed by atoms with Crippen LogP contribution in [-0.2, 0) is 10.1 Å². The van der Waals surface area contributed by atoms with Crippen molar-refractivity contribution in [3.8, 4) is 0 Å². The quantitative estimate of drug-likeness (QED) is 0.318. The molecule has 0 aliphatic heterocycles. The number of rotatable bonds is 12. The lowest BCUT2D eigenvalue weighted by molar-refractivity contribution is -0.910. The third-order valence-corrected chi connectivity index (χ3v) is 5.69. The molecule has 0 spiro atoms. The number of aryl methyl sites for hydroxylation is 1. The molecule has 0 saturated heterocycles. The van der Waals surface area contributed by atoms with E-state index < -0.39 is 10.1 Å². The molecular weight excluding hydrogens is 366 g/mol. The van der Waals surface area contributed by atoms with E-state index in [1.165, 1.54) is 50.7 Å². The van der Waals surface area contributed by atoms with Gasteiger partial charge in [0.05, 0.1) is 31.7 Å². The van der Waals surface area contributed by atoms with Crippen LogP contribution in [-0.4, -0.2) is 67.6 Å². The summed E-state index contributed by atoms with van der Waals surface area (Å²) in [6.45, 7) is 6.85. The minimum Gasteiger partial charge on any atom is -0.744 e. The van der Waals surface area contributed by atoms with Gasteiger partial charge in [0, 0.05) is 0 Å². The highest BCUT2D eigenvalue weighted by Crippen LogP contribution is 2.12. The number of unbranched alkanes of at least 4 members (excludes halogenated alkanes) is 5. The van der Waals surface area contributed by atoms with Gasteiger partial charge in [-0.25, -0.2) is 8.42 Å². The second-order valence-electron chi connectivity index (χ2n) is 7.22. The molecule has 0 amide bonds. The summed E-state index contributed by atoms with van der Waals surface area (Å²) >= 11 is 0. The average molecular weight is 404 g/mol. The second-order valence-corrected chi connectivity index (χ2v) is 8.57. The van der Waals surface area contributed by atoms with Crippen LogP contribution in [0.25, 0.3) is 0 Å². The lowest BCUT2D eigenvalue weighted by Gasteiger charge is -2.33. The summed E-state index contributed by atoms with van der Waals surface area (Å²) in [5.74, 6) is 0. The van der Waals surface area contributed by atoms with Crippen molar-refractivity contribution in [2.24, 2.45) is 0 Å². The first-order chi connectivity index (χ1) is 12.7. The Labute approximate surface area is 165 Å². The van der Waals surface area contributed by atoms with Crippen LogP contribution in [0.15, 0.2) is 29.2 Å². The number of quaternary nitrogens is 1. The van der Waals surface area contributed by atoms with Gasteiger partial charge < -0.3 is 19.2 Å². The van der Waals surface area contributed by atoms with Crippen LogP contribution in [0.4, 0.5) is 0 Å². The van der Waals surface area contributed by atoms with Gasteiger partial charge in [-0.2, -0.15) is 0 Å². The summed E-state index contributed by atoms with van der Waals surface area (Å²) in [7, 11) is -2.16. The maximum atomic E-state index is 10.5. The zero-order chi connectivity index (χ0) is 20.8. The molecule has 0 radical (unpaired) electrons. The smallest absolute Gasteiger partial charge is 0.124 e. The fourth-order valence-electron chi connectivity index (χ4n) is 2.93. The van der Waals surface area contributed by atoms with Gasteiger partial charge in [-0.15, -0.1) is 0 Å². The van der Waals surface area contributed by atoms with E-state index in [-0.39, 0.29) is 18.1 Å². The van der Waals surface area contributed by atoms with Crippen molar-refractivity contribution in [1.29, 1.82) is 0 Å². The molecule has 27 heavy (non-hydrogen) atoms. The van der Waals surface area contributed by atoms with Gasteiger partial charge in [0.1, 0.15) is 23.2 Å². The van der Waals surface area contributed by atoms with Crippen LogP contribution in [0.5, 0.6) is 0 Å². The number of likely N-dealkylation sites (N-methyl/N-ethyl adjacent to an activating group) is 1. The van der Waals surface area contributed by atoms with Crippen molar-refractivity contribution >= 4 is 10.1 Å². The first-order valence-electron chi connectivity index (χ1n) is 9.77. The molecule has 6 nitrogen and oxygen atoms in total. The molecule has 2 N–H and O–H groups in total. The Balaban J connectivity index is 0.000000533. The van der Waals surface area contributed by atoms with E-state index in [9.17, 15) is 13.0 Å². The molecule has 158 valence electrons. The van der Waals surface area contributed by atoms with Crippen molar-refractivity contribution in [2.75, 3.05) is 39.9 Å². The summed E-state index contributed by atoms with van der Waals surface area (Å²) in [6, 6.07) is 6.10. The molecule has 0 heterocycles. The van der Waals surface area contributed by atoms with Crippen LogP contribution in [0.3, 0.4) is 0 Å². The van der Waals surface area contributed by atoms with Gasteiger partial charge in [0.15, 0.2) is 0 Å². The van der Waals surface area contributed by atoms with Crippen molar-refractivity contribution in [1.82, 2.24) is 0 Å². The van der Waals surface area contributed by atoms with Crippen molar-refractivity contribution in [2.45, 2.75) is 57.3 Å². The topological polar surface area (TPSA) is 97.7 Å². The van der Waals surface area contributed by atoms with Gasteiger partial charge in [-0.3, -0.25) is 0 Å². The van der Waals surface area contributed by atoms with Crippen LogP contribution in [0, 0.1) is 6.92 Å². The number of hydrogen-bond donors (Lipinski definition) is 2. The predicted molar refractivity (Wildman–Crippen MR) is 107 cm³/mol. The number of benzene rings is 1. The van der Waals surface area contributed by atoms with E-state index in [1.54, 1.807) is 19.1 Å². The van der Waals surface area contributed by atoms with Crippen LogP contribution < -0.4 is 0 Å². The van der Waals surface area contributed by atoms with Crippen molar-refractivity contribution in [3.63, 3.8) is 0 Å². The van der Waals surface area contributed by atoms with Crippen molar-refractivity contribution < 1.29 is 27.7 Å². The molecule has 0 aromatic heterocycles. The Kier molecular flexibility index (Phi) is 13.6. The molecule has 0 atom stereocenters. The molecule has 0 fully saturated rings. The summed E-state index contributed by atoms with van der Waals surface area (Å²) in [5, 5.41) is 18.0. The fraction of sp³-hybridized carbons (Fsp3) is 0.700. The Bertz CT molecular complexity index is 598. The maximum Gasteiger partial charge on any atom is 0.124 e. The fourth-order valence-corrected chi connectivity index (χ4v) is 3.64. The molecular formula is C20H37NO5S. The highest BCUT2D eigenvalue weighted by atomic mass is 32.2. The maximum absolute atomic E-state index is 10.5. The summed E-state index contributed by atoms with van der Waals surface area (Å²) < 4.78 is 32.3. The van der Waals surface area contributed by atoms with Gasteiger partial charge >= 0.3 is 0 Å². The SMILES string of the molecule is CCCCCCCC[N+](C)(CCO)CCO.Cc1ccccc1S(=O)(=O)[O-]. The van der Waals surface area contributed by atoms with E-state index >= 15 is 0 Å². The Morgan fingerprint density at radius 2 is 1.44 bits per heavy atom. The standard InChI is InChI=1S/C13H30NO2.C7H8O3S/c1-3-4-5-6-7-8-9-14(2,10-12-15)11-13-16;1-6-4-2-3-5-7(6)11(8,9)10/h15-16H,3-13H2,1-2H3;2-5H,1H3,(H,8,9,10)/q+1;/p-1. The lowest BCUT2D eigenvalue weighted by Crippen LogP contribution is -2.48. The van der Waals surface area contributed by atoms with E-state index in [1.807, 2.05) is 0 Å². The summed E-state index contributed by atoms with van der Waals surface area (Å²) in [5.41, 5.74) is 0.488. The Hall–Kier alpha value is -0.990. The zero-order valence-corrected chi connectivity index (χ0v) is 17.9. The zero-order valence-electron chi connectivity index (χ0n) is 17.1. The molecule has 1 aromatic carbocycles. The summed E-state index contributed by atoms with van der Waals surface area (Å²) in [6.07, 6.45) is 7.80. The second kappa shape index (κ2) is 14.1. The van der Waals surface area contributed by atoms with E-state index in [0.717, 1.165) is 24.1 Å². The largest absolute Gasteiger partial charge is 0.744 e. The average Bonchev–Trinajstić information content (AvgIpc) is 2.58. The van der Waals surface area contributed by atoms with Gasteiger partial charge in [-0.05, 0) is 31.4 Å². The number of hydrogen-bond acceptors (Lipinski definition) is 5. The van der Waals surface area contributed by atoms with Gasteiger partial charge in [-0.1, -0.05) is 50.8 Å². The third kappa shape index (κ3) is 12.2. The van der Waals surface area contributed by atoms with Crippen LogP contribution in [0.2, 0.25) is 0 Å². The molecule has 0 saturated carbocycles. The Morgan fingerprint density at radius 3 is 1.89 bits per heavy atom. The molecule has 1 rings (SSSR count). The number of aliphatic hydroxyl groups is 2. The molecule has 0 unspecified atom stereocenters. The van der Waals surface area contributed by atoms with Gasteiger partial charge in [0.2, 0.25) is 0 Å². The molecule has 0 aliphatic rings. The highest BCUT2D eigenvalue weighted by molar-refractivity contribution is 7.85. The molecule has 0 aliphatic carbocycles. The Morgan fingerprint density at radius 1 is 0.926 bits per heavy atom. The van der Waals surface area contributed by atoms with E-state index in [2.05, 4.69) is 14.0 Å². The highest BCUT2D eigenvalue weighted by Gasteiger charge is 2.19. The number of aliphatic hydroxyl groups excluding tert-OH is 2. The van der Waals surface area contributed by atoms with Crippen LogP contribution >= 0.6 is 0 Å². The summed E-state index contributed by atoms with van der Waals surface area (Å²) in [4.78, 5) is -0.139. The van der Waals surface area contributed by atoms with Gasteiger partial charge in [0.25, 0.3) is 0 Å². The first-order valence-corrected chi connectivity index (χ1v) is 11.2. The minimum atomic E-state index is -4.28. The van der Waals surface area contributed by atoms with E-state index in [0.29, 0.717) is 5.56 Å². The normalized spacial score (nSPS) is 11.8. The van der Waals surface area contributed by atoms with Crippen molar-refractivity contribution in [3.05, 3.63) is 29.8 Å². The predicted octanol–water partition coefficient (Wildman–Crippen LogP) is 2.68. The van der Waals surface area contributed by atoms with E-state index in [4.69, 9.17) is 10.2 Å². The lowest BCUT2D eigenvalue weighted by atomic mass is 10.1.